The highest BCUT2D eigenvalue weighted by atomic mass is 19.1. The third-order valence-corrected chi connectivity index (χ3v) is 9.93. The lowest BCUT2D eigenvalue weighted by atomic mass is 9.95. The second-order valence-electron chi connectivity index (χ2n) is 12.6. The number of phenolic OH excluding ortho intramolecular Hbond substituents is 1. The van der Waals surface area contributed by atoms with Gasteiger partial charge in [-0.1, -0.05) is 13.0 Å². The zero-order chi connectivity index (χ0) is 30.6. The molecule has 3 atom stereocenters. The van der Waals surface area contributed by atoms with Gasteiger partial charge < -0.3 is 19.6 Å². The van der Waals surface area contributed by atoms with Crippen LogP contribution in [0.1, 0.15) is 67.1 Å². The normalized spacial score (nSPS) is 25.3. The lowest BCUT2D eigenvalue weighted by molar-refractivity contribution is 0.0996. The van der Waals surface area contributed by atoms with Gasteiger partial charge in [0.2, 0.25) is 0 Å². The van der Waals surface area contributed by atoms with Crippen LogP contribution in [-0.2, 0) is 13.0 Å². The van der Waals surface area contributed by atoms with Crippen molar-refractivity contribution in [3.8, 4) is 17.8 Å². The molecule has 0 saturated carbocycles. The molecule has 230 valence electrons. The van der Waals surface area contributed by atoms with Gasteiger partial charge in [-0.2, -0.15) is 15.2 Å². The molecule has 2 aromatic carbocycles. The van der Waals surface area contributed by atoms with Gasteiger partial charge in [-0.25, -0.2) is 8.78 Å². The van der Waals surface area contributed by atoms with Crippen LogP contribution in [0.4, 0.5) is 20.3 Å². The predicted molar refractivity (Wildman–Crippen MR) is 161 cm³/mol. The van der Waals surface area contributed by atoms with E-state index in [0.717, 1.165) is 32.2 Å². The fraction of sp³-hybridized carbons (Fsp3) is 0.515. The van der Waals surface area contributed by atoms with Crippen molar-refractivity contribution in [3.63, 3.8) is 0 Å². The summed E-state index contributed by atoms with van der Waals surface area (Å²) in [6.07, 6.45) is 3.97. The van der Waals surface area contributed by atoms with Crippen molar-refractivity contribution in [2.24, 2.45) is 5.92 Å². The number of hydrogen-bond donors (Lipinski definition) is 1. The highest BCUT2D eigenvalue weighted by Gasteiger charge is 2.49. The number of nitrogens with zero attached hydrogens (tertiary/aromatic N) is 6. The number of nitriles is 1. The van der Waals surface area contributed by atoms with Crippen LogP contribution in [-0.4, -0.2) is 70.4 Å². The molecule has 0 aliphatic carbocycles. The number of hydrogen-bond acceptors (Lipinski definition) is 8. The van der Waals surface area contributed by atoms with E-state index in [1.54, 1.807) is 12.1 Å². The second-order valence-corrected chi connectivity index (χ2v) is 12.6. The molecule has 0 radical (unpaired) electrons. The van der Waals surface area contributed by atoms with Crippen molar-refractivity contribution in [2.75, 3.05) is 42.6 Å². The summed E-state index contributed by atoms with van der Waals surface area (Å²) in [4.78, 5) is 29.5. The van der Waals surface area contributed by atoms with Gasteiger partial charge in [0, 0.05) is 43.4 Å². The minimum Gasteiger partial charge on any atom is -0.508 e. The number of carbonyl (C=O) groups excluding carboxylic acids is 1. The summed E-state index contributed by atoms with van der Waals surface area (Å²) >= 11 is 0. The van der Waals surface area contributed by atoms with Crippen molar-refractivity contribution < 1.29 is 23.4 Å². The number of halogens is 2. The summed E-state index contributed by atoms with van der Waals surface area (Å²) in [6, 6.07) is 8.58. The molecule has 1 amide bonds. The van der Waals surface area contributed by atoms with Gasteiger partial charge in [-0.05, 0) is 68.2 Å². The molecular weight excluding hydrogens is 566 g/mol. The first-order valence-electron chi connectivity index (χ1n) is 15.6. The van der Waals surface area contributed by atoms with E-state index in [1.807, 2.05) is 11.8 Å². The topological polar surface area (TPSA) is 106 Å². The molecule has 11 heteroatoms. The number of aryl methyl sites for hydroxylation is 1. The number of ether oxygens (including phenoxy) is 1. The van der Waals surface area contributed by atoms with E-state index in [2.05, 4.69) is 11.0 Å². The fourth-order valence-corrected chi connectivity index (χ4v) is 7.77. The molecular formula is C33H36F2N6O3. The van der Waals surface area contributed by atoms with Gasteiger partial charge in [0.1, 0.15) is 35.7 Å². The number of rotatable bonds is 6. The van der Waals surface area contributed by atoms with Crippen LogP contribution in [0.5, 0.6) is 11.8 Å². The summed E-state index contributed by atoms with van der Waals surface area (Å²) < 4.78 is 35.7. The number of aromatic hydroxyl groups is 1. The van der Waals surface area contributed by atoms with Gasteiger partial charge in [0.25, 0.3) is 5.91 Å². The van der Waals surface area contributed by atoms with E-state index in [4.69, 9.17) is 14.7 Å². The van der Waals surface area contributed by atoms with E-state index in [0.29, 0.717) is 78.0 Å². The van der Waals surface area contributed by atoms with Crippen LogP contribution in [0.2, 0.25) is 0 Å². The molecule has 9 nitrogen and oxygen atoms in total. The quantitative estimate of drug-likeness (QED) is 0.406. The summed E-state index contributed by atoms with van der Waals surface area (Å²) in [6.45, 7) is 4.64. The zero-order valence-corrected chi connectivity index (χ0v) is 24.9. The van der Waals surface area contributed by atoms with Crippen LogP contribution < -0.4 is 14.5 Å². The molecule has 0 bridgehead atoms. The van der Waals surface area contributed by atoms with Crippen LogP contribution in [0.3, 0.4) is 0 Å². The van der Waals surface area contributed by atoms with Gasteiger partial charge >= 0.3 is 6.01 Å². The molecule has 44 heavy (non-hydrogen) atoms. The molecule has 1 aromatic heterocycles. The highest BCUT2D eigenvalue weighted by Crippen LogP contribution is 2.43. The Morgan fingerprint density at radius 1 is 1.18 bits per heavy atom. The summed E-state index contributed by atoms with van der Waals surface area (Å²) in [5.41, 5.74) is 1.33. The standard InChI is InChI=1S/C33H36F2N6O3/c1-2-24-25(35)7-6-21-13-23(42)14-27(28(21)24)41-18-26-29(31(41)43)30(39-10-3-5-20(16-36)8-12-39)38-32(37-26)44-19-33-9-4-11-40(33)17-22(34)15-33/h6-7,13-14,20,22,42H,2-5,8-12,15,17-19H2,1H3. The molecule has 3 aromatic rings. The Kier molecular flexibility index (Phi) is 7.28. The Bertz CT molecular complexity index is 1680. The van der Waals surface area contributed by atoms with Crippen LogP contribution >= 0.6 is 0 Å². The van der Waals surface area contributed by atoms with Crippen LogP contribution in [0.15, 0.2) is 24.3 Å². The van der Waals surface area contributed by atoms with Gasteiger partial charge in [0.05, 0.1) is 29.5 Å². The molecule has 7 rings (SSSR count). The fourth-order valence-electron chi connectivity index (χ4n) is 7.77. The average Bonchev–Trinajstić information content (AvgIpc) is 3.57. The predicted octanol–water partition coefficient (Wildman–Crippen LogP) is 5.28. The first kappa shape index (κ1) is 28.7. The van der Waals surface area contributed by atoms with Crippen molar-refractivity contribution >= 4 is 28.2 Å². The van der Waals surface area contributed by atoms with Crippen molar-refractivity contribution in [3.05, 3.63) is 46.9 Å². The maximum absolute atomic E-state index is 15.0. The summed E-state index contributed by atoms with van der Waals surface area (Å²) in [5.74, 6) is -0.345. The number of aromatic nitrogens is 2. The van der Waals surface area contributed by atoms with Crippen molar-refractivity contribution in [1.29, 1.82) is 5.26 Å². The first-order chi connectivity index (χ1) is 21.3. The number of anilines is 2. The molecule has 3 unspecified atom stereocenters. The van der Waals surface area contributed by atoms with E-state index in [-0.39, 0.29) is 48.1 Å². The molecule has 4 aliphatic rings. The van der Waals surface area contributed by atoms with E-state index in [9.17, 15) is 23.9 Å². The maximum Gasteiger partial charge on any atom is 0.318 e. The van der Waals surface area contributed by atoms with Gasteiger partial charge in [-0.3, -0.25) is 9.69 Å². The highest BCUT2D eigenvalue weighted by molar-refractivity contribution is 6.16. The van der Waals surface area contributed by atoms with Crippen molar-refractivity contribution in [1.82, 2.24) is 14.9 Å². The first-order valence-corrected chi connectivity index (χ1v) is 15.6. The smallest absolute Gasteiger partial charge is 0.318 e. The molecule has 1 N–H and O–H groups in total. The minimum absolute atomic E-state index is 0.0292. The lowest BCUT2D eigenvalue weighted by Gasteiger charge is -2.31. The third-order valence-electron chi connectivity index (χ3n) is 9.93. The average molecular weight is 603 g/mol. The number of carbonyl (C=O) groups is 1. The second kappa shape index (κ2) is 11.1. The lowest BCUT2D eigenvalue weighted by Crippen LogP contribution is -2.43. The molecule has 5 heterocycles. The molecule has 3 saturated heterocycles. The van der Waals surface area contributed by atoms with Crippen LogP contribution in [0, 0.1) is 23.1 Å². The third kappa shape index (κ3) is 4.80. The Hall–Kier alpha value is -4.04. The van der Waals surface area contributed by atoms with E-state index >= 15 is 0 Å². The monoisotopic (exact) mass is 602 g/mol. The molecule has 0 spiro atoms. The van der Waals surface area contributed by atoms with Crippen LogP contribution in [0.25, 0.3) is 10.8 Å². The SMILES string of the molecule is CCc1c(F)ccc2cc(O)cc(N3Cc4nc(OCC56CCCN5CC(F)C6)nc(N5CCCC(C#N)CC5)c4C3=O)c12. The number of fused-ring (bicyclic) bond motifs is 3. The van der Waals surface area contributed by atoms with Gasteiger partial charge in [-0.15, -0.1) is 0 Å². The Morgan fingerprint density at radius 3 is 2.86 bits per heavy atom. The van der Waals surface area contributed by atoms with E-state index < -0.39 is 6.17 Å². The number of phenols is 1. The molecule has 3 fully saturated rings. The minimum atomic E-state index is -0.887. The number of benzene rings is 2. The van der Waals surface area contributed by atoms with Crippen molar-refractivity contribution in [2.45, 2.75) is 70.1 Å². The maximum atomic E-state index is 15.0. The summed E-state index contributed by atoms with van der Waals surface area (Å²) in [7, 11) is 0. The van der Waals surface area contributed by atoms with Gasteiger partial charge in [0.15, 0.2) is 0 Å². The zero-order valence-electron chi connectivity index (χ0n) is 24.9. The number of amides is 1. The van der Waals surface area contributed by atoms with E-state index in [1.165, 1.54) is 17.0 Å². The Labute approximate surface area is 255 Å². The number of alkyl halides is 1. The Balaban J connectivity index is 1.29. The summed E-state index contributed by atoms with van der Waals surface area (Å²) in [5, 5.41) is 21.4. The molecule has 4 aliphatic heterocycles. The Morgan fingerprint density at radius 2 is 2.05 bits per heavy atom. The largest absolute Gasteiger partial charge is 0.508 e.